The van der Waals surface area contributed by atoms with Gasteiger partial charge in [-0.3, -0.25) is 4.79 Å². The number of nitrogens with one attached hydrogen (secondary N) is 1. The van der Waals surface area contributed by atoms with Crippen LogP contribution in [0.5, 0.6) is 0 Å². The number of hydrogen-bond donors (Lipinski definition) is 1. The Kier molecular flexibility index (Phi) is 4.71. The maximum atomic E-state index is 12.9. The van der Waals surface area contributed by atoms with Crippen LogP contribution in [0.3, 0.4) is 0 Å². The zero-order valence-electron chi connectivity index (χ0n) is 11.5. The Morgan fingerprint density at radius 3 is 2.61 bits per heavy atom. The molecule has 1 aliphatic rings. The summed E-state index contributed by atoms with van der Waals surface area (Å²) in [6.07, 6.45) is 1.67. The lowest BCUT2D eigenvalue weighted by atomic mass is 10.2. The molecule has 0 aliphatic carbocycles. The summed E-state index contributed by atoms with van der Waals surface area (Å²) in [4.78, 5) is 16.8. The second-order valence-corrected chi connectivity index (χ2v) is 6.42. The van der Waals surface area contributed by atoms with Gasteiger partial charge in [0, 0.05) is 0 Å². The molecule has 0 radical (unpaired) electrons. The van der Waals surface area contributed by atoms with Crippen molar-refractivity contribution in [3.05, 3.63) is 68.8 Å². The van der Waals surface area contributed by atoms with Crippen LogP contribution in [0.2, 0.25) is 10.0 Å². The molecule has 1 amide bonds. The van der Waals surface area contributed by atoms with Crippen molar-refractivity contribution in [3.63, 3.8) is 0 Å². The molecule has 23 heavy (non-hydrogen) atoms. The van der Waals surface area contributed by atoms with E-state index in [1.807, 2.05) is 0 Å². The number of thioether (sulfide) groups is 1. The van der Waals surface area contributed by atoms with E-state index in [9.17, 15) is 9.18 Å². The molecule has 1 N–H and O–H groups in total. The Labute approximate surface area is 146 Å². The zero-order chi connectivity index (χ0) is 16.4. The molecule has 116 valence electrons. The second kappa shape index (κ2) is 6.74. The number of amides is 1. The maximum Gasteiger partial charge on any atom is 0.264 e. The third-order valence-corrected chi connectivity index (χ3v) is 4.69. The molecule has 0 saturated carbocycles. The van der Waals surface area contributed by atoms with Crippen LogP contribution < -0.4 is 5.32 Å². The minimum absolute atomic E-state index is 0.267. The van der Waals surface area contributed by atoms with Gasteiger partial charge in [-0.05, 0) is 47.7 Å². The Hall–Kier alpha value is -1.82. The largest absolute Gasteiger partial charge is 0.300 e. The van der Waals surface area contributed by atoms with Crippen LogP contribution in [0, 0.1) is 5.82 Å². The Morgan fingerprint density at radius 1 is 1.13 bits per heavy atom. The standard InChI is InChI=1S/C16H9Cl2FN2OS/c17-11-2-1-3-12(14(11)18)20-16-21-15(22)13(23-16)8-9-4-6-10(19)7-5-9/h1-8H,(H,20,21,22)/b13-8+. The summed E-state index contributed by atoms with van der Waals surface area (Å²) in [5.74, 6) is -0.593. The molecule has 2 aromatic carbocycles. The van der Waals surface area contributed by atoms with Crippen molar-refractivity contribution in [2.75, 3.05) is 0 Å². The lowest BCUT2D eigenvalue weighted by Gasteiger charge is -2.00. The molecule has 0 atom stereocenters. The van der Waals surface area contributed by atoms with Gasteiger partial charge in [-0.1, -0.05) is 41.4 Å². The molecular weight excluding hydrogens is 358 g/mol. The predicted octanol–water partition coefficient (Wildman–Crippen LogP) is 5.02. The highest BCUT2D eigenvalue weighted by Gasteiger charge is 2.24. The van der Waals surface area contributed by atoms with E-state index in [2.05, 4.69) is 10.3 Å². The summed E-state index contributed by atoms with van der Waals surface area (Å²) in [7, 11) is 0. The average molecular weight is 367 g/mol. The molecule has 0 aromatic heterocycles. The highest BCUT2D eigenvalue weighted by Crippen LogP contribution is 2.34. The van der Waals surface area contributed by atoms with E-state index >= 15 is 0 Å². The van der Waals surface area contributed by atoms with Crippen LogP contribution in [-0.4, -0.2) is 11.1 Å². The zero-order valence-corrected chi connectivity index (χ0v) is 13.8. The number of rotatable bonds is 2. The van der Waals surface area contributed by atoms with E-state index in [-0.39, 0.29) is 11.7 Å². The van der Waals surface area contributed by atoms with Crippen molar-refractivity contribution in [1.82, 2.24) is 5.32 Å². The van der Waals surface area contributed by atoms with Gasteiger partial charge in [0.05, 0.1) is 20.6 Å². The normalized spacial score (nSPS) is 17.8. The van der Waals surface area contributed by atoms with E-state index in [1.54, 1.807) is 36.4 Å². The summed E-state index contributed by atoms with van der Waals surface area (Å²) in [6.45, 7) is 0. The van der Waals surface area contributed by atoms with E-state index in [0.717, 1.165) is 5.56 Å². The fourth-order valence-electron chi connectivity index (χ4n) is 1.88. The van der Waals surface area contributed by atoms with Crippen molar-refractivity contribution in [3.8, 4) is 0 Å². The lowest BCUT2D eigenvalue weighted by Crippen LogP contribution is -2.19. The van der Waals surface area contributed by atoms with Crippen molar-refractivity contribution in [2.45, 2.75) is 0 Å². The second-order valence-electron chi connectivity index (χ2n) is 4.61. The first-order chi connectivity index (χ1) is 11.0. The summed E-state index contributed by atoms with van der Waals surface area (Å²) in [5.41, 5.74) is 1.20. The van der Waals surface area contributed by atoms with Gasteiger partial charge < -0.3 is 5.32 Å². The van der Waals surface area contributed by atoms with Crippen molar-refractivity contribution < 1.29 is 9.18 Å². The molecule has 1 fully saturated rings. The molecule has 3 rings (SSSR count). The van der Waals surface area contributed by atoms with Gasteiger partial charge in [-0.25, -0.2) is 9.38 Å². The van der Waals surface area contributed by atoms with Crippen molar-refractivity contribution in [2.24, 2.45) is 4.99 Å². The molecule has 1 heterocycles. The minimum atomic E-state index is -0.325. The third-order valence-electron chi connectivity index (χ3n) is 2.97. The number of halogens is 3. The van der Waals surface area contributed by atoms with Gasteiger partial charge in [0.15, 0.2) is 5.17 Å². The first-order valence-electron chi connectivity index (χ1n) is 6.52. The van der Waals surface area contributed by atoms with E-state index in [1.165, 1.54) is 23.9 Å². The van der Waals surface area contributed by atoms with Gasteiger partial charge in [0.25, 0.3) is 5.91 Å². The highest BCUT2D eigenvalue weighted by atomic mass is 35.5. The topological polar surface area (TPSA) is 41.5 Å². The first-order valence-corrected chi connectivity index (χ1v) is 8.09. The van der Waals surface area contributed by atoms with Gasteiger partial charge in [0.2, 0.25) is 0 Å². The molecular formula is C16H9Cl2FN2OS. The number of aliphatic imine (C=N–C) groups is 1. The SMILES string of the molecule is O=C1NC(=Nc2cccc(Cl)c2Cl)S/C1=C/c1ccc(F)cc1. The quantitative estimate of drug-likeness (QED) is 0.757. The lowest BCUT2D eigenvalue weighted by molar-refractivity contribution is -0.115. The summed E-state index contributed by atoms with van der Waals surface area (Å²) < 4.78 is 12.9. The predicted molar refractivity (Wildman–Crippen MR) is 93.7 cm³/mol. The van der Waals surface area contributed by atoms with Crippen LogP contribution in [0.1, 0.15) is 5.56 Å². The molecule has 0 spiro atoms. The Balaban J connectivity index is 1.86. The Bertz CT molecular complexity index is 834. The van der Waals surface area contributed by atoms with E-state index in [4.69, 9.17) is 23.2 Å². The van der Waals surface area contributed by atoms with Crippen molar-refractivity contribution in [1.29, 1.82) is 0 Å². The number of nitrogens with zero attached hydrogens (tertiary/aromatic N) is 1. The number of amidine groups is 1. The molecule has 7 heteroatoms. The molecule has 3 nitrogen and oxygen atoms in total. The van der Waals surface area contributed by atoms with Gasteiger partial charge in [-0.15, -0.1) is 0 Å². The van der Waals surface area contributed by atoms with Crippen LogP contribution in [0.15, 0.2) is 52.4 Å². The highest BCUT2D eigenvalue weighted by molar-refractivity contribution is 8.18. The van der Waals surface area contributed by atoms with Gasteiger partial charge in [-0.2, -0.15) is 0 Å². The van der Waals surface area contributed by atoms with Crippen molar-refractivity contribution >= 4 is 57.8 Å². The summed E-state index contributed by atoms with van der Waals surface area (Å²) in [6, 6.07) is 11.0. The molecule has 2 aromatic rings. The fourth-order valence-corrected chi connectivity index (χ4v) is 3.05. The summed E-state index contributed by atoms with van der Waals surface area (Å²) in [5, 5.41) is 3.79. The minimum Gasteiger partial charge on any atom is -0.300 e. The Morgan fingerprint density at radius 2 is 1.87 bits per heavy atom. The number of benzene rings is 2. The average Bonchev–Trinajstić information content (AvgIpc) is 2.86. The fraction of sp³-hybridized carbons (Fsp3) is 0. The number of carbonyl (C=O) groups is 1. The van der Waals surface area contributed by atoms with E-state index in [0.29, 0.717) is 25.8 Å². The third kappa shape index (κ3) is 3.75. The molecule has 0 bridgehead atoms. The van der Waals surface area contributed by atoms with E-state index < -0.39 is 0 Å². The monoisotopic (exact) mass is 366 g/mol. The summed E-state index contributed by atoms with van der Waals surface area (Å²) >= 11 is 13.2. The van der Waals surface area contributed by atoms with Gasteiger partial charge in [0.1, 0.15) is 5.82 Å². The molecule has 1 aliphatic heterocycles. The maximum absolute atomic E-state index is 12.9. The number of hydrogen-bond acceptors (Lipinski definition) is 3. The molecule has 0 unspecified atom stereocenters. The number of carbonyl (C=O) groups excluding carboxylic acids is 1. The van der Waals surface area contributed by atoms with Crippen LogP contribution in [0.25, 0.3) is 6.08 Å². The smallest absolute Gasteiger partial charge is 0.264 e. The first kappa shape index (κ1) is 16.1. The van der Waals surface area contributed by atoms with Crippen LogP contribution in [-0.2, 0) is 4.79 Å². The van der Waals surface area contributed by atoms with Crippen LogP contribution in [0.4, 0.5) is 10.1 Å². The molecule has 1 saturated heterocycles. The van der Waals surface area contributed by atoms with Crippen LogP contribution >= 0.6 is 35.0 Å². The van der Waals surface area contributed by atoms with Gasteiger partial charge >= 0.3 is 0 Å².